The number of carboxylic acid groups (broad SMARTS) is 1. The van der Waals surface area contributed by atoms with Crippen LogP contribution in [0, 0.1) is 0 Å². The van der Waals surface area contributed by atoms with Gasteiger partial charge in [0.1, 0.15) is 12.4 Å². The summed E-state index contributed by atoms with van der Waals surface area (Å²) in [4.78, 5) is 13.9. The van der Waals surface area contributed by atoms with Gasteiger partial charge in [0.2, 0.25) is 11.8 Å². The van der Waals surface area contributed by atoms with Gasteiger partial charge in [-0.15, -0.1) is 0 Å². The van der Waals surface area contributed by atoms with Gasteiger partial charge in [0.05, 0.1) is 0 Å². The molecule has 0 radical (unpaired) electrons. The number of nitrogens with zero attached hydrogens (tertiary/aromatic N) is 2. The number of H-pyrrole nitrogens is 1. The summed E-state index contributed by atoms with van der Waals surface area (Å²) in [5.41, 5.74) is 11.0. The molecule has 20 heavy (non-hydrogen) atoms. The molecule has 8 nitrogen and oxygen atoms in total. The minimum atomic E-state index is -2.31. The van der Waals surface area contributed by atoms with E-state index in [2.05, 4.69) is 15.2 Å². The highest BCUT2D eigenvalue weighted by molar-refractivity contribution is 5.73. The zero-order valence-corrected chi connectivity index (χ0v) is 10.5. The van der Waals surface area contributed by atoms with Crippen LogP contribution < -0.4 is 11.5 Å². The second-order valence-corrected chi connectivity index (χ2v) is 4.15. The summed E-state index contributed by atoms with van der Waals surface area (Å²) in [6.07, 6.45) is 5.13. The summed E-state index contributed by atoms with van der Waals surface area (Å²) in [7, 11) is 0. The molecular weight excluding hydrogens is 269 g/mol. The molecule has 0 spiro atoms. The highest BCUT2D eigenvalue weighted by Crippen LogP contribution is 2.23. The van der Waals surface area contributed by atoms with Gasteiger partial charge in [0.25, 0.3) is 0 Å². The van der Waals surface area contributed by atoms with Gasteiger partial charge in [-0.25, -0.2) is 14.5 Å². The van der Waals surface area contributed by atoms with Crippen molar-refractivity contribution < 1.29 is 19.4 Å². The average molecular weight is 285 g/mol. The number of rotatable bonds is 3. The number of carboxylic acids is 1. The Hall–Kier alpha value is -2.26. The number of anilines is 1. The Morgan fingerprint density at radius 3 is 2.70 bits per heavy atom. The van der Waals surface area contributed by atoms with Crippen LogP contribution in [0.4, 0.5) is 10.3 Å². The number of allylic oxidation sites excluding steroid dienone is 1. The maximum atomic E-state index is 12.8. The van der Waals surface area contributed by atoms with Crippen molar-refractivity contribution in [3.63, 3.8) is 0 Å². The highest BCUT2D eigenvalue weighted by atomic mass is 19.2. The van der Waals surface area contributed by atoms with Crippen molar-refractivity contribution in [1.82, 2.24) is 15.2 Å². The van der Waals surface area contributed by atoms with E-state index in [9.17, 15) is 9.18 Å². The van der Waals surface area contributed by atoms with Crippen molar-refractivity contribution in [2.45, 2.75) is 24.7 Å². The van der Waals surface area contributed by atoms with Gasteiger partial charge in [-0.05, 0) is 18.1 Å². The van der Waals surface area contributed by atoms with E-state index in [1.807, 2.05) is 0 Å². The summed E-state index contributed by atoms with van der Waals surface area (Å²) >= 11 is 0. The fourth-order valence-electron chi connectivity index (χ4n) is 1.35. The summed E-state index contributed by atoms with van der Waals surface area (Å²) in [6, 6.07) is -0.989. The molecule has 0 aromatic carbocycles. The summed E-state index contributed by atoms with van der Waals surface area (Å²) < 4.78 is 12.8. The van der Waals surface area contributed by atoms with Gasteiger partial charge < -0.3 is 21.7 Å². The predicted octanol–water partition coefficient (Wildman–Crippen LogP) is -0.280. The van der Waals surface area contributed by atoms with E-state index in [-0.39, 0.29) is 12.8 Å². The third kappa shape index (κ3) is 5.59. The SMILES string of the molecule is NC(CC1=CCC(O)(F)C=C1)C(=O)O.Nc1ncn[nH]1. The number of aromatic amines is 1. The van der Waals surface area contributed by atoms with Gasteiger partial charge in [0, 0.05) is 6.42 Å². The third-order valence-electron chi connectivity index (χ3n) is 2.41. The Morgan fingerprint density at radius 2 is 2.35 bits per heavy atom. The van der Waals surface area contributed by atoms with Crippen molar-refractivity contribution in [2.75, 3.05) is 5.73 Å². The van der Waals surface area contributed by atoms with Crippen molar-refractivity contribution in [1.29, 1.82) is 0 Å². The summed E-state index contributed by atoms with van der Waals surface area (Å²) in [6.45, 7) is 0. The minimum Gasteiger partial charge on any atom is -0.480 e. The number of aromatic nitrogens is 3. The first kappa shape index (κ1) is 15.8. The number of hydrogen-bond acceptors (Lipinski definition) is 6. The first-order valence-corrected chi connectivity index (χ1v) is 5.69. The van der Waals surface area contributed by atoms with Crippen LogP contribution in [0.1, 0.15) is 12.8 Å². The maximum absolute atomic E-state index is 12.8. The zero-order valence-electron chi connectivity index (χ0n) is 10.5. The van der Waals surface area contributed by atoms with Crippen LogP contribution in [0.5, 0.6) is 0 Å². The highest BCUT2D eigenvalue weighted by Gasteiger charge is 2.24. The number of nitrogens with one attached hydrogen (secondary N) is 1. The average Bonchev–Trinajstić information content (AvgIpc) is 2.83. The van der Waals surface area contributed by atoms with Crippen LogP contribution in [0.15, 0.2) is 30.1 Å². The van der Waals surface area contributed by atoms with Gasteiger partial charge in [-0.1, -0.05) is 12.2 Å². The summed E-state index contributed by atoms with van der Waals surface area (Å²) in [5, 5.41) is 23.3. The van der Waals surface area contributed by atoms with Crippen LogP contribution in [-0.4, -0.2) is 43.3 Å². The third-order valence-corrected chi connectivity index (χ3v) is 2.41. The van der Waals surface area contributed by atoms with E-state index in [4.69, 9.17) is 21.7 Å². The van der Waals surface area contributed by atoms with Gasteiger partial charge in [0.15, 0.2) is 0 Å². The molecule has 0 bridgehead atoms. The zero-order chi connectivity index (χ0) is 15.2. The number of nitrogens with two attached hydrogens (primary N) is 2. The van der Waals surface area contributed by atoms with Crippen molar-refractivity contribution in [3.8, 4) is 0 Å². The molecule has 0 aliphatic heterocycles. The van der Waals surface area contributed by atoms with Crippen LogP contribution in [0.25, 0.3) is 0 Å². The number of aliphatic carboxylic acids is 1. The normalized spacial score (nSPS) is 22.4. The molecule has 7 N–H and O–H groups in total. The molecule has 110 valence electrons. The number of halogens is 1. The minimum absolute atomic E-state index is 0.141. The van der Waals surface area contributed by atoms with Gasteiger partial charge in [-0.3, -0.25) is 4.79 Å². The molecular formula is C11H16FN5O3. The molecule has 1 aromatic rings. The second kappa shape index (κ2) is 6.78. The lowest BCUT2D eigenvalue weighted by atomic mass is 9.98. The molecule has 1 heterocycles. The first-order valence-electron chi connectivity index (χ1n) is 5.69. The number of nitrogen functional groups attached to an aromatic ring is 1. The topological polar surface area (TPSA) is 151 Å². The molecule has 0 saturated carbocycles. The Balaban J connectivity index is 0.000000276. The molecule has 2 atom stereocenters. The predicted molar refractivity (Wildman–Crippen MR) is 68.9 cm³/mol. The molecule has 2 unspecified atom stereocenters. The van der Waals surface area contributed by atoms with Crippen molar-refractivity contribution in [3.05, 3.63) is 30.1 Å². The van der Waals surface area contributed by atoms with E-state index in [1.54, 1.807) is 0 Å². The van der Waals surface area contributed by atoms with Crippen LogP contribution >= 0.6 is 0 Å². The molecule has 1 aromatic heterocycles. The number of alkyl halides is 1. The quantitative estimate of drug-likeness (QED) is 0.512. The Kier molecular flexibility index (Phi) is 5.35. The fraction of sp³-hybridized carbons (Fsp3) is 0.364. The van der Waals surface area contributed by atoms with Crippen molar-refractivity contribution in [2.24, 2.45) is 5.73 Å². The Morgan fingerprint density at radius 1 is 1.65 bits per heavy atom. The molecule has 1 aliphatic carbocycles. The monoisotopic (exact) mass is 285 g/mol. The molecule has 0 amide bonds. The first-order chi connectivity index (χ1) is 9.30. The van der Waals surface area contributed by atoms with E-state index in [1.165, 1.54) is 18.5 Å². The maximum Gasteiger partial charge on any atom is 0.320 e. The van der Waals surface area contributed by atoms with E-state index in [0.717, 1.165) is 6.08 Å². The van der Waals surface area contributed by atoms with Crippen molar-refractivity contribution >= 4 is 11.9 Å². The van der Waals surface area contributed by atoms with Crippen LogP contribution in [0.3, 0.4) is 0 Å². The number of aliphatic hydroxyl groups is 1. The smallest absolute Gasteiger partial charge is 0.320 e. The molecule has 9 heteroatoms. The van der Waals surface area contributed by atoms with E-state index < -0.39 is 17.9 Å². The van der Waals surface area contributed by atoms with Crippen LogP contribution in [0.2, 0.25) is 0 Å². The lowest BCUT2D eigenvalue weighted by Crippen LogP contribution is -2.31. The second-order valence-electron chi connectivity index (χ2n) is 4.15. The molecule has 1 aliphatic rings. The summed E-state index contributed by atoms with van der Waals surface area (Å²) in [5.74, 6) is -3.05. The standard InChI is InChI=1S/C9H12FNO3.C2H4N4/c10-9(14)3-1-6(2-4-9)5-7(11)8(12)13;3-2-4-1-5-6-2/h1-3,7,14H,4-5,11H2,(H,12,13);1H,(H3,3,4,5,6). The van der Waals surface area contributed by atoms with Gasteiger partial charge in [-0.2, -0.15) is 5.10 Å². The van der Waals surface area contributed by atoms with Crippen LogP contribution in [-0.2, 0) is 4.79 Å². The largest absolute Gasteiger partial charge is 0.480 e. The molecule has 0 saturated heterocycles. The number of hydrogen-bond donors (Lipinski definition) is 5. The number of carbonyl (C=O) groups is 1. The Bertz CT molecular complexity index is 498. The van der Waals surface area contributed by atoms with E-state index in [0.29, 0.717) is 11.5 Å². The lowest BCUT2D eigenvalue weighted by molar-refractivity contribution is -0.138. The molecule has 2 rings (SSSR count). The Labute approximate surface area is 114 Å². The fourth-order valence-corrected chi connectivity index (χ4v) is 1.35. The lowest BCUT2D eigenvalue weighted by Gasteiger charge is -2.18. The van der Waals surface area contributed by atoms with E-state index >= 15 is 0 Å². The molecule has 0 fully saturated rings. The van der Waals surface area contributed by atoms with Gasteiger partial charge >= 0.3 is 5.97 Å².